The predicted octanol–water partition coefficient (Wildman–Crippen LogP) is 3.92. The summed E-state index contributed by atoms with van der Waals surface area (Å²) >= 11 is 1.73. The van der Waals surface area contributed by atoms with Gasteiger partial charge in [0, 0.05) is 0 Å². The number of benzene rings is 3. The van der Waals surface area contributed by atoms with E-state index in [9.17, 15) is 0 Å². The number of rotatable bonds is 2. The van der Waals surface area contributed by atoms with E-state index >= 15 is 0 Å². The molecule has 0 radical (unpaired) electrons. The molecule has 1 atom stereocenters. The Hall–Kier alpha value is -1.06. The Bertz CT molecular complexity index is 699. The molecule has 0 nitrogen and oxygen atoms in total. The van der Waals surface area contributed by atoms with Crippen molar-refractivity contribution in [2.24, 2.45) is 0 Å². The molecule has 0 aliphatic carbocycles. The van der Waals surface area contributed by atoms with Crippen molar-refractivity contribution in [2.45, 2.75) is 5.76 Å². The van der Waals surface area contributed by atoms with Crippen molar-refractivity contribution in [3.63, 3.8) is 0 Å². The zero-order chi connectivity index (χ0) is 13.3. The van der Waals surface area contributed by atoms with Gasteiger partial charge in [-0.15, -0.1) is 0 Å². The van der Waals surface area contributed by atoms with Gasteiger partial charge in [0.1, 0.15) is 0 Å². The van der Waals surface area contributed by atoms with Gasteiger partial charge >= 0.3 is 124 Å². The van der Waals surface area contributed by atoms with Crippen molar-refractivity contribution >= 4 is 45.0 Å². The summed E-state index contributed by atoms with van der Waals surface area (Å²) in [6, 6.07) is 26.1. The van der Waals surface area contributed by atoms with Gasteiger partial charge in [-0.25, -0.2) is 0 Å². The van der Waals surface area contributed by atoms with Gasteiger partial charge in [0.05, 0.1) is 0 Å². The van der Waals surface area contributed by atoms with E-state index in [1.165, 1.54) is 19.6 Å². The van der Waals surface area contributed by atoms with Gasteiger partial charge in [0.2, 0.25) is 0 Å². The van der Waals surface area contributed by atoms with E-state index in [2.05, 4.69) is 92.6 Å². The fraction of sp³-hybridized carbons (Fsp3) is 0.0588. The SMILES string of the molecule is [CH3][Ge]([Br])([c]1ccccc1)[c]1cccc2ccccc12. The van der Waals surface area contributed by atoms with E-state index in [0.29, 0.717) is 0 Å². The second kappa shape index (κ2) is 5.14. The van der Waals surface area contributed by atoms with Crippen LogP contribution in [-0.2, 0) is 0 Å². The predicted molar refractivity (Wildman–Crippen MR) is 90.2 cm³/mol. The van der Waals surface area contributed by atoms with Crippen LogP contribution in [0.25, 0.3) is 10.8 Å². The zero-order valence-corrected chi connectivity index (χ0v) is 14.5. The van der Waals surface area contributed by atoms with Gasteiger partial charge in [-0.2, -0.15) is 0 Å². The molecule has 3 aromatic rings. The van der Waals surface area contributed by atoms with Gasteiger partial charge in [-0.3, -0.25) is 0 Å². The van der Waals surface area contributed by atoms with Crippen molar-refractivity contribution in [3.8, 4) is 0 Å². The van der Waals surface area contributed by atoms with Crippen LogP contribution in [0.4, 0.5) is 0 Å². The zero-order valence-electron chi connectivity index (χ0n) is 10.8. The first-order valence-electron chi connectivity index (χ1n) is 6.42. The van der Waals surface area contributed by atoms with E-state index in [4.69, 9.17) is 0 Å². The molecular formula is C17H15BrGe. The summed E-state index contributed by atoms with van der Waals surface area (Å²) in [5.74, 6) is 2.40. The third-order valence-corrected chi connectivity index (χ3v) is 14.2. The Kier molecular flexibility index (Phi) is 3.50. The number of halogens is 1. The van der Waals surface area contributed by atoms with E-state index in [0.717, 1.165) is 0 Å². The summed E-state index contributed by atoms with van der Waals surface area (Å²) in [6.07, 6.45) is 0. The Morgan fingerprint density at radius 1 is 0.737 bits per heavy atom. The first-order valence-corrected chi connectivity index (χ1v) is 15.5. The third-order valence-electron chi connectivity index (χ3n) is 3.61. The minimum atomic E-state index is -2.38. The molecule has 0 amide bonds. The molecule has 0 aliphatic heterocycles. The molecule has 0 N–H and O–H groups in total. The maximum atomic E-state index is 4.11. The topological polar surface area (TPSA) is 0 Å². The molecule has 0 fully saturated rings. The first kappa shape index (κ1) is 13.0. The summed E-state index contributed by atoms with van der Waals surface area (Å²) in [7, 11) is 0. The molecule has 0 heterocycles. The molecule has 2 heteroatoms. The van der Waals surface area contributed by atoms with E-state index in [-0.39, 0.29) is 0 Å². The van der Waals surface area contributed by atoms with Crippen LogP contribution in [0, 0.1) is 0 Å². The third kappa shape index (κ3) is 2.37. The Morgan fingerprint density at radius 3 is 2.16 bits per heavy atom. The van der Waals surface area contributed by atoms with Crippen LogP contribution < -0.4 is 8.79 Å². The minimum absolute atomic E-state index is 1.33. The molecule has 3 rings (SSSR count). The van der Waals surface area contributed by atoms with Gasteiger partial charge in [0.25, 0.3) is 0 Å². The second-order valence-corrected chi connectivity index (χ2v) is 19.7. The standard InChI is InChI=1S/C17H15BrGe/c1-19(18,15-10-3-2-4-11-15)17-13-7-9-14-8-5-6-12-16(14)17/h2-13H,1H3. The van der Waals surface area contributed by atoms with Crippen LogP contribution >= 0.6 is 14.0 Å². The van der Waals surface area contributed by atoms with Crippen molar-refractivity contribution < 1.29 is 0 Å². The van der Waals surface area contributed by atoms with Crippen molar-refractivity contribution in [1.29, 1.82) is 0 Å². The Morgan fingerprint density at radius 2 is 1.37 bits per heavy atom. The molecule has 1 unspecified atom stereocenters. The average Bonchev–Trinajstić information content (AvgIpc) is 2.47. The molecule has 0 aromatic heterocycles. The van der Waals surface area contributed by atoms with Crippen LogP contribution in [-0.4, -0.2) is 11.4 Å². The Labute approximate surface area is 123 Å². The quantitative estimate of drug-likeness (QED) is 0.599. The molecular weight excluding hydrogens is 357 g/mol. The Balaban J connectivity index is 2.24. The molecule has 0 saturated carbocycles. The first-order chi connectivity index (χ1) is 9.19. The van der Waals surface area contributed by atoms with Crippen LogP contribution in [0.5, 0.6) is 0 Å². The molecule has 3 aromatic carbocycles. The molecule has 19 heavy (non-hydrogen) atoms. The monoisotopic (exact) mass is 372 g/mol. The molecule has 0 aliphatic rings. The molecule has 0 spiro atoms. The van der Waals surface area contributed by atoms with E-state index in [1.54, 1.807) is 0 Å². The normalized spacial score (nSPS) is 14.2. The van der Waals surface area contributed by atoms with E-state index in [1.807, 2.05) is 0 Å². The summed E-state index contributed by atoms with van der Waals surface area (Å²) in [5.41, 5.74) is 0. The van der Waals surface area contributed by atoms with Gasteiger partial charge in [-0.1, -0.05) is 0 Å². The maximum absolute atomic E-state index is 4.11. The van der Waals surface area contributed by atoms with Crippen molar-refractivity contribution in [3.05, 3.63) is 72.8 Å². The average molecular weight is 372 g/mol. The molecule has 94 valence electrons. The summed E-state index contributed by atoms with van der Waals surface area (Å²) in [4.78, 5) is 0. The summed E-state index contributed by atoms with van der Waals surface area (Å²) in [6.45, 7) is 0. The summed E-state index contributed by atoms with van der Waals surface area (Å²) < 4.78 is 2.95. The van der Waals surface area contributed by atoms with Crippen molar-refractivity contribution in [2.75, 3.05) is 0 Å². The van der Waals surface area contributed by atoms with E-state index < -0.39 is 11.4 Å². The van der Waals surface area contributed by atoms with Crippen LogP contribution in [0.1, 0.15) is 0 Å². The number of fused-ring (bicyclic) bond motifs is 1. The van der Waals surface area contributed by atoms with Gasteiger partial charge in [-0.05, 0) is 0 Å². The molecule has 0 bridgehead atoms. The van der Waals surface area contributed by atoms with Gasteiger partial charge in [0.15, 0.2) is 0 Å². The second-order valence-electron chi connectivity index (χ2n) is 4.90. The summed E-state index contributed by atoms with van der Waals surface area (Å²) in [5, 5.41) is 2.71. The fourth-order valence-electron chi connectivity index (χ4n) is 2.54. The van der Waals surface area contributed by atoms with Crippen molar-refractivity contribution in [1.82, 2.24) is 0 Å². The molecule has 0 saturated heterocycles. The fourth-order valence-corrected chi connectivity index (χ4v) is 10.5. The van der Waals surface area contributed by atoms with Crippen LogP contribution in [0.3, 0.4) is 0 Å². The number of hydrogen-bond acceptors (Lipinski definition) is 0. The van der Waals surface area contributed by atoms with Crippen LogP contribution in [0.15, 0.2) is 72.8 Å². The van der Waals surface area contributed by atoms with Gasteiger partial charge < -0.3 is 0 Å². The van der Waals surface area contributed by atoms with Crippen LogP contribution in [0.2, 0.25) is 5.76 Å². The number of hydrogen-bond donors (Lipinski definition) is 0.